The molecule has 0 fully saturated rings. The topological polar surface area (TPSA) is 36.9 Å². The Balaban J connectivity index is 2.19. The van der Waals surface area contributed by atoms with Crippen LogP contribution in [0.3, 0.4) is 0 Å². The lowest BCUT2D eigenvalue weighted by Gasteiger charge is -2.37. The molecule has 0 radical (unpaired) electrons. The highest BCUT2D eigenvalue weighted by atomic mass is 33.7. The molecule has 0 saturated heterocycles. The van der Waals surface area contributed by atoms with Crippen LogP contribution in [0.1, 0.15) is 54.4 Å². The lowest BCUT2D eigenvalue weighted by molar-refractivity contribution is 0.193. The molecule has 0 amide bonds. The Kier molecular flexibility index (Phi) is 15.9. The summed E-state index contributed by atoms with van der Waals surface area (Å²) in [6.45, 7) is 15.4. The first-order chi connectivity index (χ1) is 17.6. The lowest BCUT2D eigenvalue weighted by Crippen LogP contribution is -2.61. The van der Waals surface area contributed by atoms with Crippen LogP contribution in [0.4, 0.5) is 0 Å². The Morgan fingerprint density at radius 3 is 1.08 bits per heavy atom. The lowest BCUT2D eigenvalue weighted by atomic mass is 10.4. The molecule has 0 aromatic heterocycles. The average molecular weight is 603 g/mol. The number of hydrogen-bond acceptors (Lipinski definition) is 8. The third-order valence-corrected chi connectivity index (χ3v) is 23.8. The Labute approximate surface area is 236 Å². The summed E-state index contributed by atoms with van der Waals surface area (Å²) in [5, 5.41) is 2.42. The molecular formula is C26H42O4S4Si2. The zero-order chi connectivity index (χ0) is 26.3. The molecule has 202 valence electrons. The fraction of sp³-hybridized carbons (Fsp3) is 0.538. The van der Waals surface area contributed by atoms with Gasteiger partial charge in [0.1, 0.15) is 0 Å². The first-order valence-corrected chi connectivity index (χ1v) is 21.6. The molecule has 0 aliphatic heterocycles. The van der Waals surface area contributed by atoms with Crippen molar-refractivity contribution in [2.45, 2.75) is 64.1 Å². The zero-order valence-corrected chi connectivity index (χ0v) is 27.7. The van der Waals surface area contributed by atoms with Crippen molar-refractivity contribution in [3.8, 4) is 0 Å². The second-order valence-electron chi connectivity index (χ2n) is 7.92. The molecule has 2 aromatic rings. The molecular weight excluding hydrogens is 561 g/mol. The normalized spacial score (nSPS) is 14.1. The largest absolute Gasteiger partial charge is 0.391 e. The summed E-state index contributed by atoms with van der Waals surface area (Å²) in [4.78, 5) is 0.542. The molecule has 0 aliphatic rings. The van der Waals surface area contributed by atoms with Crippen molar-refractivity contribution in [3.63, 3.8) is 0 Å². The summed E-state index contributed by atoms with van der Waals surface area (Å²) in [5.41, 5.74) is 0. The number of hydrogen-bond donors (Lipinski definition) is 0. The second-order valence-corrected chi connectivity index (χ2v) is 21.3. The van der Waals surface area contributed by atoms with Gasteiger partial charge in [-0.3, -0.25) is 0 Å². The van der Waals surface area contributed by atoms with E-state index in [0.29, 0.717) is 26.4 Å². The van der Waals surface area contributed by atoms with E-state index in [2.05, 4.69) is 102 Å². The van der Waals surface area contributed by atoms with E-state index in [1.165, 1.54) is 10.4 Å². The van der Waals surface area contributed by atoms with E-state index in [-0.39, 0.29) is 9.75 Å². The van der Waals surface area contributed by atoms with Gasteiger partial charge in [0.05, 0.1) is 9.75 Å². The van der Waals surface area contributed by atoms with Crippen LogP contribution in [0.15, 0.2) is 60.7 Å². The minimum absolute atomic E-state index is 0.271. The summed E-state index contributed by atoms with van der Waals surface area (Å²) in [5.74, 6) is 0. The van der Waals surface area contributed by atoms with E-state index in [9.17, 15) is 0 Å². The molecule has 0 aliphatic carbocycles. The summed E-state index contributed by atoms with van der Waals surface area (Å²) >= 11 is 0. The van der Waals surface area contributed by atoms with Gasteiger partial charge >= 0.3 is 17.1 Å². The molecule has 10 heteroatoms. The van der Waals surface area contributed by atoms with Crippen LogP contribution in [-0.2, 0) is 17.7 Å². The molecule has 4 nitrogen and oxygen atoms in total. The molecule has 0 N–H and O–H groups in total. The van der Waals surface area contributed by atoms with Crippen molar-refractivity contribution in [3.05, 3.63) is 60.7 Å². The van der Waals surface area contributed by atoms with Gasteiger partial charge < -0.3 is 17.7 Å². The standard InChI is InChI=1S/C26H42O4S4Si2/c1-7-25(35(27-9-3,28-10-4)23-19-15-13-16-20-23)31-33-34-32-26(8-2)36(29-11-5,30-12-6)24-21-17-14-18-22-24/h13-22,25-26H,7-12H2,1-6H3. The maximum atomic E-state index is 6.52. The molecule has 2 unspecified atom stereocenters. The van der Waals surface area contributed by atoms with Gasteiger partial charge in [-0.05, 0) is 70.6 Å². The Morgan fingerprint density at radius 1 is 0.528 bits per heavy atom. The van der Waals surface area contributed by atoms with Crippen molar-refractivity contribution >= 4 is 68.7 Å². The predicted octanol–water partition coefficient (Wildman–Crippen LogP) is 7.14. The monoisotopic (exact) mass is 602 g/mol. The molecule has 0 heterocycles. The molecule has 36 heavy (non-hydrogen) atoms. The summed E-state index contributed by atoms with van der Waals surface area (Å²) in [6.07, 6.45) is 1.98. The smallest absolute Gasteiger partial charge is 0.386 e. The quantitative estimate of drug-likeness (QED) is 0.0954. The minimum atomic E-state index is -2.62. The van der Waals surface area contributed by atoms with Crippen LogP contribution in [-0.4, -0.2) is 53.3 Å². The molecule has 0 saturated carbocycles. The van der Waals surface area contributed by atoms with Crippen LogP contribution in [0.2, 0.25) is 0 Å². The van der Waals surface area contributed by atoms with Crippen molar-refractivity contribution in [1.29, 1.82) is 0 Å². The minimum Gasteiger partial charge on any atom is -0.391 e. The summed E-state index contributed by atoms with van der Waals surface area (Å²) in [6, 6.07) is 21.2. The highest BCUT2D eigenvalue weighted by Crippen LogP contribution is 2.50. The average Bonchev–Trinajstić information content (AvgIpc) is 2.91. The molecule has 2 atom stereocenters. The van der Waals surface area contributed by atoms with Gasteiger partial charge in [0.2, 0.25) is 0 Å². The fourth-order valence-electron chi connectivity index (χ4n) is 4.29. The van der Waals surface area contributed by atoms with Crippen molar-refractivity contribution in [2.24, 2.45) is 0 Å². The van der Waals surface area contributed by atoms with Crippen LogP contribution in [0.25, 0.3) is 0 Å². The van der Waals surface area contributed by atoms with Gasteiger partial charge in [0, 0.05) is 26.4 Å². The molecule has 2 aromatic carbocycles. The van der Waals surface area contributed by atoms with Gasteiger partial charge in [-0.15, -0.1) is 0 Å². The van der Waals surface area contributed by atoms with Gasteiger partial charge in [0.15, 0.2) is 0 Å². The maximum Gasteiger partial charge on any atom is 0.386 e. The van der Waals surface area contributed by atoms with Crippen molar-refractivity contribution in [2.75, 3.05) is 26.4 Å². The first-order valence-electron chi connectivity index (χ1n) is 12.9. The maximum absolute atomic E-state index is 6.52. The zero-order valence-electron chi connectivity index (χ0n) is 22.4. The number of rotatable bonds is 19. The number of benzene rings is 2. The third kappa shape index (κ3) is 8.30. The highest BCUT2D eigenvalue weighted by Gasteiger charge is 2.49. The van der Waals surface area contributed by atoms with Crippen LogP contribution in [0.5, 0.6) is 0 Å². The summed E-state index contributed by atoms with van der Waals surface area (Å²) < 4.78 is 26.1. The van der Waals surface area contributed by atoms with Crippen LogP contribution < -0.4 is 10.4 Å². The van der Waals surface area contributed by atoms with Gasteiger partial charge in [0.25, 0.3) is 0 Å². The fourth-order valence-corrected chi connectivity index (χ4v) is 23.9. The molecule has 0 bridgehead atoms. The first kappa shape index (κ1) is 32.3. The van der Waals surface area contributed by atoms with E-state index >= 15 is 0 Å². The van der Waals surface area contributed by atoms with E-state index in [1.807, 2.05) is 41.2 Å². The van der Waals surface area contributed by atoms with Gasteiger partial charge in [-0.2, -0.15) is 0 Å². The summed E-state index contributed by atoms with van der Waals surface area (Å²) in [7, 11) is 2.21. The van der Waals surface area contributed by atoms with E-state index < -0.39 is 17.1 Å². The van der Waals surface area contributed by atoms with Crippen molar-refractivity contribution in [1.82, 2.24) is 0 Å². The van der Waals surface area contributed by atoms with E-state index in [0.717, 1.165) is 12.8 Å². The van der Waals surface area contributed by atoms with Crippen molar-refractivity contribution < 1.29 is 17.7 Å². The van der Waals surface area contributed by atoms with Gasteiger partial charge in [-0.25, -0.2) is 0 Å². The van der Waals surface area contributed by atoms with Gasteiger partial charge in [-0.1, -0.05) is 96.1 Å². The van der Waals surface area contributed by atoms with E-state index in [4.69, 9.17) is 17.7 Å². The van der Waals surface area contributed by atoms with Crippen LogP contribution in [0, 0.1) is 0 Å². The van der Waals surface area contributed by atoms with Crippen LogP contribution >= 0.6 is 41.2 Å². The Morgan fingerprint density at radius 2 is 0.833 bits per heavy atom. The third-order valence-electron chi connectivity index (χ3n) is 5.72. The Bertz CT molecular complexity index is 754. The second kappa shape index (κ2) is 17.7. The molecule has 2 rings (SSSR count). The predicted molar refractivity (Wildman–Crippen MR) is 169 cm³/mol. The molecule has 0 spiro atoms. The highest BCUT2D eigenvalue weighted by molar-refractivity contribution is 9.26. The van der Waals surface area contributed by atoms with E-state index in [1.54, 1.807) is 0 Å². The Hall–Kier alpha value is 0.114. The SMILES string of the molecule is CCO[Si](OCC)(c1ccccc1)C(CC)SSSSC(CC)[Si](OCC)(OCC)c1ccccc1.